The number of ether oxygens (including phenoxy) is 1. The van der Waals surface area contributed by atoms with E-state index in [4.69, 9.17) is 4.74 Å². The third-order valence-electron chi connectivity index (χ3n) is 4.15. The van der Waals surface area contributed by atoms with Crippen molar-refractivity contribution < 1.29 is 9.53 Å². The molecule has 1 aromatic rings. The highest BCUT2D eigenvalue weighted by Gasteiger charge is 2.29. The number of nitrogens with zero attached hydrogens (tertiary/aromatic N) is 1. The van der Waals surface area contributed by atoms with Gasteiger partial charge in [0.1, 0.15) is 5.60 Å². The topological polar surface area (TPSA) is 29.5 Å². The Labute approximate surface area is 127 Å². The van der Waals surface area contributed by atoms with Gasteiger partial charge in [-0.1, -0.05) is 30.3 Å². The van der Waals surface area contributed by atoms with Crippen LogP contribution in [0.4, 0.5) is 0 Å². The molecule has 2 rings (SSSR count). The maximum Gasteiger partial charge on any atom is 0.187 e. The normalized spacial score (nSPS) is 16.9. The van der Waals surface area contributed by atoms with Crippen molar-refractivity contribution in [2.75, 3.05) is 20.2 Å². The van der Waals surface area contributed by atoms with Crippen molar-refractivity contribution in [2.45, 2.75) is 38.7 Å². The standard InChI is InChI=1S/C18H25NO2/c1-18(2,21-3)17(19-12-8-5-9-13-19)14-16(20)15-10-6-4-7-11-15/h4,6-7,10-11,14H,5,8-9,12-13H2,1-3H3/b17-14-. The second kappa shape index (κ2) is 6.90. The van der Waals surface area contributed by atoms with Crippen LogP contribution in [0.3, 0.4) is 0 Å². The summed E-state index contributed by atoms with van der Waals surface area (Å²) in [6.07, 6.45) is 5.38. The number of piperidine rings is 1. The summed E-state index contributed by atoms with van der Waals surface area (Å²) in [6.45, 7) is 6.04. The Hall–Kier alpha value is -1.61. The number of carbonyl (C=O) groups excluding carboxylic acids is 1. The van der Waals surface area contributed by atoms with Crippen LogP contribution >= 0.6 is 0 Å². The van der Waals surface area contributed by atoms with E-state index in [0.717, 1.165) is 24.4 Å². The van der Waals surface area contributed by atoms with E-state index in [9.17, 15) is 4.79 Å². The van der Waals surface area contributed by atoms with Crippen LogP contribution in [0.1, 0.15) is 43.5 Å². The number of benzene rings is 1. The molecule has 0 spiro atoms. The SMILES string of the molecule is COC(C)(C)/C(=C/C(=O)c1ccccc1)N1CCCCC1. The molecule has 0 saturated carbocycles. The van der Waals surface area contributed by atoms with Crippen molar-refractivity contribution in [1.82, 2.24) is 4.90 Å². The first kappa shape index (κ1) is 15.8. The van der Waals surface area contributed by atoms with Gasteiger partial charge in [0.25, 0.3) is 0 Å². The second-order valence-electron chi connectivity index (χ2n) is 6.02. The number of methoxy groups -OCH3 is 1. The summed E-state index contributed by atoms with van der Waals surface area (Å²) in [5.41, 5.74) is 1.25. The lowest BCUT2D eigenvalue weighted by Gasteiger charge is -2.38. The third kappa shape index (κ3) is 3.94. The molecule has 1 saturated heterocycles. The maximum absolute atomic E-state index is 12.5. The minimum absolute atomic E-state index is 0.0429. The van der Waals surface area contributed by atoms with Gasteiger partial charge in [-0.05, 0) is 33.1 Å². The molecular formula is C18H25NO2. The highest BCUT2D eigenvalue weighted by atomic mass is 16.5. The van der Waals surface area contributed by atoms with Crippen molar-refractivity contribution >= 4 is 5.78 Å². The molecule has 3 heteroatoms. The minimum atomic E-state index is -0.457. The Balaban J connectivity index is 2.30. The molecule has 0 N–H and O–H groups in total. The largest absolute Gasteiger partial charge is 0.373 e. The molecule has 3 nitrogen and oxygen atoms in total. The Morgan fingerprint density at radius 3 is 2.33 bits per heavy atom. The molecule has 0 amide bonds. The van der Waals surface area contributed by atoms with Crippen molar-refractivity contribution in [3.05, 3.63) is 47.7 Å². The van der Waals surface area contributed by atoms with Crippen LogP contribution < -0.4 is 0 Å². The predicted octanol–water partition coefficient (Wildman–Crippen LogP) is 3.66. The Bertz CT molecular complexity index is 499. The summed E-state index contributed by atoms with van der Waals surface area (Å²) in [5.74, 6) is 0.0429. The maximum atomic E-state index is 12.5. The van der Waals surface area contributed by atoms with E-state index < -0.39 is 5.60 Å². The lowest BCUT2D eigenvalue weighted by atomic mass is 9.97. The second-order valence-corrected chi connectivity index (χ2v) is 6.02. The summed E-state index contributed by atoms with van der Waals surface area (Å²) >= 11 is 0. The van der Waals surface area contributed by atoms with Crippen molar-refractivity contribution in [3.63, 3.8) is 0 Å². The van der Waals surface area contributed by atoms with Gasteiger partial charge in [-0.15, -0.1) is 0 Å². The molecule has 0 aromatic heterocycles. The molecule has 1 aliphatic rings. The van der Waals surface area contributed by atoms with Crippen molar-refractivity contribution in [3.8, 4) is 0 Å². The zero-order chi connectivity index (χ0) is 15.3. The fourth-order valence-corrected chi connectivity index (χ4v) is 2.70. The smallest absolute Gasteiger partial charge is 0.187 e. The number of likely N-dealkylation sites (tertiary alicyclic amines) is 1. The number of rotatable bonds is 5. The summed E-state index contributed by atoms with van der Waals surface area (Å²) in [6, 6.07) is 9.41. The molecular weight excluding hydrogens is 262 g/mol. The van der Waals surface area contributed by atoms with E-state index in [1.807, 2.05) is 44.2 Å². The molecule has 0 radical (unpaired) electrons. The van der Waals surface area contributed by atoms with Gasteiger partial charge in [-0.3, -0.25) is 4.79 Å². The van der Waals surface area contributed by atoms with Gasteiger partial charge in [-0.25, -0.2) is 0 Å². The van der Waals surface area contributed by atoms with Crippen molar-refractivity contribution in [2.24, 2.45) is 0 Å². The third-order valence-corrected chi connectivity index (χ3v) is 4.15. The first-order valence-electron chi connectivity index (χ1n) is 7.66. The number of carbonyl (C=O) groups is 1. The summed E-state index contributed by atoms with van der Waals surface area (Å²) in [7, 11) is 1.70. The molecule has 0 unspecified atom stereocenters. The highest BCUT2D eigenvalue weighted by molar-refractivity contribution is 6.04. The molecule has 0 bridgehead atoms. The van der Waals surface area contributed by atoms with Gasteiger partial charge >= 0.3 is 0 Å². The van der Waals surface area contributed by atoms with Crippen LogP contribution in [0.2, 0.25) is 0 Å². The number of allylic oxidation sites excluding steroid dienone is 1. The number of hydrogen-bond donors (Lipinski definition) is 0. The monoisotopic (exact) mass is 287 g/mol. The summed E-state index contributed by atoms with van der Waals surface area (Å²) in [5, 5.41) is 0. The van der Waals surface area contributed by atoms with E-state index in [1.54, 1.807) is 13.2 Å². The van der Waals surface area contributed by atoms with Crippen LogP contribution in [0.5, 0.6) is 0 Å². The molecule has 1 fully saturated rings. The molecule has 0 aliphatic carbocycles. The van der Waals surface area contributed by atoms with E-state index in [2.05, 4.69) is 4.90 Å². The fourth-order valence-electron chi connectivity index (χ4n) is 2.70. The average molecular weight is 287 g/mol. The molecule has 1 heterocycles. The van der Waals surface area contributed by atoms with Crippen LogP contribution in [0.25, 0.3) is 0 Å². The van der Waals surface area contributed by atoms with E-state index in [1.165, 1.54) is 19.3 Å². The molecule has 1 aliphatic heterocycles. The first-order chi connectivity index (χ1) is 10.0. The minimum Gasteiger partial charge on any atom is -0.373 e. The first-order valence-corrected chi connectivity index (χ1v) is 7.66. The van der Waals surface area contributed by atoms with Gasteiger partial charge in [0.15, 0.2) is 5.78 Å². The van der Waals surface area contributed by atoms with Gasteiger partial charge in [0, 0.05) is 37.5 Å². The Morgan fingerprint density at radius 2 is 1.76 bits per heavy atom. The van der Waals surface area contributed by atoms with Gasteiger partial charge < -0.3 is 9.64 Å². The number of ketones is 1. The molecule has 21 heavy (non-hydrogen) atoms. The van der Waals surface area contributed by atoms with Crippen LogP contribution in [-0.4, -0.2) is 36.5 Å². The van der Waals surface area contributed by atoms with E-state index in [0.29, 0.717) is 0 Å². The van der Waals surface area contributed by atoms with Gasteiger partial charge in [0.05, 0.1) is 0 Å². The zero-order valence-electron chi connectivity index (χ0n) is 13.3. The predicted molar refractivity (Wildman–Crippen MR) is 85.4 cm³/mol. The molecule has 114 valence electrons. The zero-order valence-corrected chi connectivity index (χ0v) is 13.3. The highest BCUT2D eigenvalue weighted by Crippen LogP contribution is 2.27. The van der Waals surface area contributed by atoms with Crippen LogP contribution in [0.15, 0.2) is 42.1 Å². The Kier molecular flexibility index (Phi) is 5.18. The van der Waals surface area contributed by atoms with Crippen LogP contribution in [-0.2, 0) is 4.74 Å². The van der Waals surface area contributed by atoms with E-state index in [-0.39, 0.29) is 5.78 Å². The average Bonchev–Trinajstić information content (AvgIpc) is 2.54. The van der Waals surface area contributed by atoms with E-state index >= 15 is 0 Å². The summed E-state index contributed by atoms with van der Waals surface area (Å²) < 4.78 is 5.63. The van der Waals surface area contributed by atoms with Gasteiger partial charge in [0.2, 0.25) is 0 Å². The molecule has 1 aromatic carbocycles. The molecule has 0 atom stereocenters. The van der Waals surface area contributed by atoms with Crippen LogP contribution in [0, 0.1) is 0 Å². The lowest BCUT2D eigenvalue weighted by molar-refractivity contribution is 0.0255. The summed E-state index contributed by atoms with van der Waals surface area (Å²) in [4.78, 5) is 14.8. The van der Waals surface area contributed by atoms with Crippen molar-refractivity contribution in [1.29, 1.82) is 0 Å². The Morgan fingerprint density at radius 1 is 1.14 bits per heavy atom. The quantitative estimate of drug-likeness (QED) is 0.611. The number of hydrogen-bond acceptors (Lipinski definition) is 3. The van der Waals surface area contributed by atoms with Gasteiger partial charge in [-0.2, -0.15) is 0 Å². The lowest BCUT2D eigenvalue weighted by Crippen LogP contribution is -2.40. The fraction of sp³-hybridized carbons (Fsp3) is 0.500.